The summed E-state index contributed by atoms with van der Waals surface area (Å²) in [6.45, 7) is 0. The molecule has 0 rings (SSSR count). The minimum absolute atomic E-state index is 0.390. The SMILES string of the molecule is CSC(=N)C(F)(F)F. The van der Waals surface area contributed by atoms with Gasteiger partial charge in [0.1, 0.15) is 0 Å². The summed E-state index contributed by atoms with van der Waals surface area (Å²) < 4.78 is 33.6. The van der Waals surface area contributed by atoms with Gasteiger partial charge in [0.2, 0.25) is 0 Å². The molecule has 0 aliphatic heterocycles. The molecule has 48 valence electrons. The van der Waals surface area contributed by atoms with Gasteiger partial charge in [-0.05, 0) is 6.26 Å². The smallest absolute Gasteiger partial charge is 0.290 e. The quantitative estimate of drug-likeness (QED) is 0.406. The van der Waals surface area contributed by atoms with Crippen LogP contribution in [-0.4, -0.2) is 17.5 Å². The van der Waals surface area contributed by atoms with Crippen LogP contribution in [0.1, 0.15) is 0 Å². The van der Waals surface area contributed by atoms with Crippen molar-refractivity contribution in [1.82, 2.24) is 0 Å². The van der Waals surface area contributed by atoms with Gasteiger partial charge in [0.05, 0.1) is 0 Å². The molecule has 0 fully saturated rings. The van der Waals surface area contributed by atoms with Gasteiger partial charge < -0.3 is 0 Å². The van der Waals surface area contributed by atoms with Crippen LogP contribution in [0.5, 0.6) is 0 Å². The number of halogens is 3. The van der Waals surface area contributed by atoms with E-state index in [4.69, 9.17) is 5.41 Å². The first-order chi connectivity index (χ1) is 3.48. The normalized spacial score (nSPS) is 11.5. The zero-order chi connectivity index (χ0) is 6.78. The van der Waals surface area contributed by atoms with Gasteiger partial charge in [0.15, 0.2) is 5.04 Å². The summed E-state index contributed by atoms with van der Waals surface area (Å²) in [4.78, 5) is 0. The number of nitrogens with one attached hydrogen (secondary N) is 1. The van der Waals surface area contributed by atoms with Crippen molar-refractivity contribution in [2.24, 2.45) is 0 Å². The molecular weight excluding hydrogens is 139 g/mol. The van der Waals surface area contributed by atoms with Gasteiger partial charge in [-0.1, -0.05) is 0 Å². The fourth-order valence-electron chi connectivity index (χ4n) is 0.116. The topological polar surface area (TPSA) is 23.9 Å². The Morgan fingerprint density at radius 1 is 1.50 bits per heavy atom. The number of alkyl halides is 3. The van der Waals surface area contributed by atoms with Crippen LogP contribution in [-0.2, 0) is 0 Å². The number of rotatable bonds is 0. The largest absolute Gasteiger partial charge is 0.438 e. The summed E-state index contributed by atoms with van der Waals surface area (Å²) in [5.74, 6) is 0. The molecule has 0 unspecified atom stereocenters. The van der Waals surface area contributed by atoms with Gasteiger partial charge in [-0.3, -0.25) is 5.41 Å². The lowest BCUT2D eigenvalue weighted by molar-refractivity contribution is -0.0560. The summed E-state index contributed by atoms with van der Waals surface area (Å²) in [6.07, 6.45) is -3.23. The minimum atomic E-state index is -4.45. The van der Waals surface area contributed by atoms with Gasteiger partial charge in [-0.25, -0.2) is 0 Å². The van der Waals surface area contributed by atoms with Gasteiger partial charge in [-0.2, -0.15) is 13.2 Å². The highest BCUT2D eigenvalue weighted by molar-refractivity contribution is 8.13. The van der Waals surface area contributed by atoms with E-state index in [0.717, 1.165) is 0 Å². The molecule has 0 aromatic rings. The van der Waals surface area contributed by atoms with E-state index in [1.807, 2.05) is 0 Å². The van der Waals surface area contributed by atoms with E-state index in [0.29, 0.717) is 11.8 Å². The lowest BCUT2D eigenvalue weighted by atomic mass is 10.7. The summed E-state index contributed by atoms with van der Waals surface area (Å²) in [7, 11) is 0. The lowest BCUT2D eigenvalue weighted by Gasteiger charge is -2.02. The second-order valence-corrected chi connectivity index (χ2v) is 1.85. The molecule has 0 aromatic carbocycles. The molecule has 0 aliphatic rings. The van der Waals surface area contributed by atoms with Crippen LogP contribution in [0.4, 0.5) is 13.2 Å². The average molecular weight is 143 g/mol. The van der Waals surface area contributed by atoms with Crippen molar-refractivity contribution >= 4 is 16.8 Å². The van der Waals surface area contributed by atoms with E-state index in [1.165, 1.54) is 6.26 Å². The Morgan fingerprint density at radius 2 is 1.88 bits per heavy atom. The molecule has 0 aliphatic carbocycles. The predicted molar refractivity (Wildman–Crippen MR) is 27.3 cm³/mol. The molecule has 0 aromatic heterocycles. The van der Waals surface area contributed by atoms with Crippen LogP contribution in [0.25, 0.3) is 0 Å². The van der Waals surface area contributed by atoms with Crippen LogP contribution in [0.15, 0.2) is 0 Å². The van der Waals surface area contributed by atoms with Crippen LogP contribution in [0, 0.1) is 5.41 Å². The summed E-state index contributed by atoms with van der Waals surface area (Å²) in [6, 6.07) is 0. The highest BCUT2D eigenvalue weighted by Crippen LogP contribution is 2.21. The lowest BCUT2D eigenvalue weighted by Crippen LogP contribution is -2.17. The Hall–Kier alpha value is -0.190. The summed E-state index contributed by atoms with van der Waals surface area (Å²) >= 11 is 0.390. The van der Waals surface area contributed by atoms with Crippen LogP contribution in [0.3, 0.4) is 0 Å². The van der Waals surface area contributed by atoms with Gasteiger partial charge in [0, 0.05) is 0 Å². The van der Waals surface area contributed by atoms with Gasteiger partial charge in [-0.15, -0.1) is 11.8 Å². The van der Waals surface area contributed by atoms with Crippen molar-refractivity contribution in [3.05, 3.63) is 0 Å². The molecule has 0 spiro atoms. The van der Waals surface area contributed by atoms with Crippen LogP contribution < -0.4 is 0 Å². The van der Waals surface area contributed by atoms with Gasteiger partial charge >= 0.3 is 6.18 Å². The highest BCUT2D eigenvalue weighted by atomic mass is 32.2. The molecule has 5 heteroatoms. The molecule has 1 N–H and O–H groups in total. The first-order valence-corrected chi connectivity index (χ1v) is 2.90. The third-order valence-electron chi connectivity index (χ3n) is 0.462. The van der Waals surface area contributed by atoms with Crippen molar-refractivity contribution in [2.45, 2.75) is 6.18 Å². The fraction of sp³-hybridized carbons (Fsp3) is 0.667. The molecule has 0 saturated carbocycles. The highest BCUT2D eigenvalue weighted by Gasteiger charge is 2.33. The molecule has 0 bridgehead atoms. The van der Waals surface area contributed by atoms with E-state index in [1.54, 1.807) is 0 Å². The third-order valence-corrected chi connectivity index (χ3v) is 1.10. The van der Waals surface area contributed by atoms with Crippen molar-refractivity contribution in [2.75, 3.05) is 6.26 Å². The molecule has 0 atom stereocenters. The average Bonchev–Trinajstić information content (AvgIpc) is 1.62. The Labute approximate surface area is 48.8 Å². The second-order valence-electron chi connectivity index (χ2n) is 1.03. The third kappa shape index (κ3) is 2.20. The maximum atomic E-state index is 11.2. The zero-order valence-corrected chi connectivity index (χ0v) is 4.86. The molecule has 0 heterocycles. The molecule has 8 heavy (non-hydrogen) atoms. The van der Waals surface area contributed by atoms with Crippen molar-refractivity contribution in [3.63, 3.8) is 0 Å². The van der Waals surface area contributed by atoms with Crippen LogP contribution in [0.2, 0.25) is 0 Å². The maximum absolute atomic E-state index is 11.2. The Kier molecular flexibility index (Phi) is 2.33. The Morgan fingerprint density at radius 3 is 1.88 bits per heavy atom. The molecule has 0 saturated heterocycles. The first-order valence-electron chi connectivity index (χ1n) is 1.68. The standard InChI is InChI=1S/C3H4F3NS/c1-8-2(7)3(4,5)6/h7H,1H3. The first kappa shape index (κ1) is 7.81. The van der Waals surface area contributed by atoms with E-state index in [-0.39, 0.29) is 0 Å². The molecule has 0 radical (unpaired) electrons. The number of thioether (sulfide) groups is 1. The van der Waals surface area contributed by atoms with Crippen molar-refractivity contribution in [1.29, 1.82) is 5.41 Å². The Bertz CT molecular complexity index is 97.2. The van der Waals surface area contributed by atoms with E-state index in [2.05, 4.69) is 0 Å². The predicted octanol–water partition coefficient (Wildman–Crippen LogP) is 1.89. The minimum Gasteiger partial charge on any atom is -0.290 e. The Balaban J connectivity index is 3.82. The van der Waals surface area contributed by atoms with E-state index >= 15 is 0 Å². The van der Waals surface area contributed by atoms with Crippen molar-refractivity contribution in [3.8, 4) is 0 Å². The van der Waals surface area contributed by atoms with E-state index in [9.17, 15) is 13.2 Å². The van der Waals surface area contributed by atoms with Crippen LogP contribution >= 0.6 is 11.8 Å². The fourth-order valence-corrected chi connectivity index (χ4v) is 0.347. The zero-order valence-electron chi connectivity index (χ0n) is 4.04. The molecule has 1 nitrogen and oxygen atoms in total. The van der Waals surface area contributed by atoms with E-state index < -0.39 is 11.2 Å². The maximum Gasteiger partial charge on any atom is 0.438 e. The summed E-state index contributed by atoms with van der Waals surface area (Å²) in [5.41, 5.74) is 0. The number of hydrogen-bond donors (Lipinski definition) is 1. The second kappa shape index (κ2) is 2.39. The molecule has 0 amide bonds. The van der Waals surface area contributed by atoms with Crippen molar-refractivity contribution < 1.29 is 13.2 Å². The number of hydrogen-bond acceptors (Lipinski definition) is 2. The van der Waals surface area contributed by atoms with Gasteiger partial charge in [0.25, 0.3) is 0 Å². The molecular formula is C3H4F3NS. The summed E-state index contributed by atoms with van der Waals surface area (Å²) in [5, 5.41) is 4.97. The monoisotopic (exact) mass is 143 g/mol.